The molecule has 0 atom stereocenters. The van der Waals surface area contributed by atoms with E-state index >= 15 is 0 Å². The van der Waals surface area contributed by atoms with Crippen LogP contribution in [0.25, 0.3) is 23.0 Å². The van der Waals surface area contributed by atoms with E-state index in [1.54, 1.807) is 18.5 Å². The number of nitrogens with one attached hydrogen (secondary N) is 1. The van der Waals surface area contributed by atoms with Crippen molar-refractivity contribution in [2.24, 2.45) is 0 Å². The second-order valence-corrected chi connectivity index (χ2v) is 7.77. The van der Waals surface area contributed by atoms with Crippen molar-refractivity contribution in [3.63, 3.8) is 0 Å². The van der Waals surface area contributed by atoms with E-state index in [9.17, 15) is 9.18 Å². The van der Waals surface area contributed by atoms with Gasteiger partial charge in [0.1, 0.15) is 11.5 Å². The van der Waals surface area contributed by atoms with Gasteiger partial charge in [0.2, 0.25) is 11.7 Å². The average molecular weight is 453 g/mol. The zero-order chi connectivity index (χ0) is 23.3. The molecule has 0 spiro atoms. The lowest BCUT2D eigenvalue weighted by atomic mass is 10.1. The molecule has 0 radical (unpaired) electrons. The highest BCUT2D eigenvalue weighted by molar-refractivity contribution is 5.92. The van der Waals surface area contributed by atoms with Gasteiger partial charge in [-0.15, -0.1) is 0 Å². The summed E-state index contributed by atoms with van der Waals surface area (Å²) in [7, 11) is 0. The number of hydrogen-bond acceptors (Lipinski definition) is 5. The summed E-state index contributed by atoms with van der Waals surface area (Å²) in [6.07, 6.45) is 3.84. The number of rotatable bonds is 7. The number of nitrogens with zero attached hydrogens (tertiary/aromatic N) is 4. The maximum Gasteiger partial charge on any atom is 0.278 e. The normalized spacial score (nSPS) is 10.9. The lowest BCUT2D eigenvalue weighted by Crippen LogP contribution is -2.14. The fourth-order valence-corrected chi connectivity index (χ4v) is 3.49. The Bertz CT molecular complexity index is 1390. The quantitative estimate of drug-likeness (QED) is 0.376. The summed E-state index contributed by atoms with van der Waals surface area (Å²) in [5.41, 5.74) is 3.97. The minimum Gasteiger partial charge on any atom is -0.332 e. The maximum absolute atomic E-state index is 13.1. The topological polar surface area (TPSA) is 85.8 Å². The van der Waals surface area contributed by atoms with E-state index in [4.69, 9.17) is 4.52 Å². The number of benzene rings is 3. The lowest BCUT2D eigenvalue weighted by Gasteiger charge is -2.07. The smallest absolute Gasteiger partial charge is 0.278 e. The first kappa shape index (κ1) is 21.3. The third kappa shape index (κ3) is 5.07. The SMILES string of the molecule is O=C(Cc1ccccc1)Nc1ccc(Cn2cnc(-c3nc(-c4ccc(F)cc4)no3)c2)cc1. The Hall–Kier alpha value is -4.59. The standard InChI is InChI=1S/C26H20FN5O2/c27-21-10-8-20(9-11-21)25-30-26(34-31-25)23-16-32(17-28-23)15-19-6-12-22(13-7-19)29-24(33)14-18-4-2-1-3-5-18/h1-13,16-17H,14-15H2,(H,29,33). The second-order valence-electron chi connectivity index (χ2n) is 7.77. The maximum atomic E-state index is 13.1. The van der Waals surface area contributed by atoms with E-state index in [2.05, 4.69) is 20.4 Å². The highest BCUT2D eigenvalue weighted by Gasteiger charge is 2.13. The molecule has 8 heteroatoms. The van der Waals surface area contributed by atoms with Gasteiger partial charge in [0.25, 0.3) is 5.89 Å². The molecule has 3 aromatic carbocycles. The van der Waals surface area contributed by atoms with E-state index in [1.165, 1.54) is 12.1 Å². The van der Waals surface area contributed by atoms with E-state index in [0.717, 1.165) is 16.8 Å². The summed E-state index contributed by atoms with van der Waals surface area (Å²) < 4.78 is 20.3. The Labute approximate surface area is 194 Å². The molecule has 0 bridgehead atoms. The number of amides is 1. The first-order chi connectivity index (χ1) is 16.6. The summed E-state index contributed by atoms with van der Waals surface area (Å²) >= 11 is 0. The molecule has 7 nitrogen and oxygen atoms in total. The molecule has 5 aromatic rings. The molecule has 1 N–H and O–H groups in total. The van der Waals surface area contributed by atoms with Gasteiger partial charge < -0.3 is 14.4 Å². The van der Waals surface area contributed by atoms with Gasteiger partial charge in [-0.05, 0) is 47.5 Å². The van der Waals surface area contributed by atoms with Crippen LogP contribution in [0.15, 0.2) is 95.9 Å². The summed E-state index contributed by atoms with van der Waals surface area (Å²) in [6, 6.07) is 23.2. The zero-order valence-corrected chi connectivity index (χ0v) is 18.1. The first-order valence-corrected chi connectivity index (χ1v) is 10.7. The van der Waals surface area contributed by atoms with Crippen molar-refractivity contribution in [1.82, 2.24) is 19.7 Å². The Morgan fingerprint density at radius 3 is 2.47 bits per heavy atom. The number of aromatic nitrogens is 4. The Balaban J connectivity index is 1.20. The van der Waals surface area contributed by atoms with Crippen LogP contribution < -0.4 is 5.32 Å². The van der Waals surface area contributed by atoms with Gasteiger partial charge >= 0.3 is 0 Å². The molecule has 0 aliphatic heterocycles. The van der Waals surface area contributed by atoms with Crippen molar-refractivity contribution in [2.45, 2.75) is 13.0 Å². The monoisotopic (exact) mass is 453 g/mol. The van der Waals surface area contributed by atoms with E-state index in [1.807, 2.05) is 65.4 Å². The molecule has 1 amide bonds. The molecule has 0 aliphatic rings. The Morgan fingerprint density at radius 1 is 0.941 bits per heavy atom. The molecule has 34 heavy (non-hydrogen) atoms. The predicted octanol–water partition coefficient (Wildman–Crippen LogP) is 4.97. The molecular weight excluding hydrogens is 433 g/mol. The third-order valence-corrected chi connectivity index (χ3v) is 5.19. The number of imidazole rings is 1. The minimum atomic E-state index is -0.325. The molecule has 0 aliphatic carbocycles. The highest BCUT2D eigenvalue weighted by Crippen LogP contribution is 2.21. The van der Waals surface area contributed by atoms with Crippen molar-refractivity contribution < 1.29 is 13.7 Å². The van der Waals surface area contributed by atoms with Crippen molar-refractivity contribution in [3.05, 3.63) is 108 Å². The summed E-state index contributed by atoms with van der Waals surface area (Å²) in [6.45, 7) is 0.587. The number of hydrogen-bond donors (Lipinski definition) is 1. The third-order valence-electron chi connectivity index (χ3n) is 5.19. The molecule has 0 saturated heterocycles. The van der Waals surface area contributed by atoms with Crippen LogP contribution >= 0.6 is 0 Å². The largest absolute Gasteiger partial charge is 0.332 e. The Morgan fingerprint density at radius 2 is 1.71 bits per heavy atom. The predicted molar refractivity (Wildman–Crippen MR) is 125 cm³/mol. The fraction of sp³-hybridized carbons (Fsp3) is 0.0769. The number of halogens is 1. The lowest BCUT2D eigenvalue weighted by molar-refractivity contribution is -0.115. The van der Waals surface area contributed by atoms with Gasteiger partial charge in [0.05, 0.1) is 12.7 Å². The number of anilines is 1. The van der Waals surface area contributed by atoms with Crippen LogP contribution in [0.1, 0.15) is 11.1 Å². The van der Waals surface area contributed by atoms with E-state index in [-0.39, 0.29) is 17.6 Å². The minimum absolute atomic E-state index is 0.0576. The van der Waals surface area contributed by atoms with Crippen LogP contribution in [0.4, 0.5) is 10.1 Å². The van der Waals surface area contributed by atoms with Crippen molar-refractivity contribution >= 4 is 11.6 Å². The molecular formula is C26H20FN5O2. The van der Waals surface area contributed by atoms with Gasteiger partial charge in [-0.3, -0.25) is 4.79 Å². The van der Waals surface area contributed by atoms with Gasteiger partial charge in [-0.2, -0.15) is 4.98 Å². The molecule has 2 aromatic heterocycles. The van der Waals surface area contributed by atoms with Crippen LogP contribution in [-0.4, -0.2) is 25.6 Å². The van der Waals surface area contributed by atoms with Crippen molar-refractivity contribution in [1.29, 1.82) is 0 Å². The highest BCUT2D eigenvalue weighted by atomic mass is 19.1. The summed E-state index contributed by atoms with van der Waals surface area (Å²) in [5, 5.41) is 6.87. The average Bonchev–Trinajstić information content (AvgIpc) is 3.51. The van der Waals surface area contributed by atoms with Crippen LogP contribution in [0.3, 0.4) is 0 Å². The van der Waals surface area contributed by atoms with E-state index < -0.39 is 0 Å². The van der Waals surface area contributed by atoms with Gasteiger partial charge in [0.15, 0.2) is 0 Å². The van der Waals surface area contributed by atoms with Crippen LogP contribution in [0, 0.1) is 5.82 Å². The van der Waals surface area contributed by atoms with Gasteiger partial charge in [-0.25, -0.2) is 9.37 Å². The molecule has 0 saturated carbocycles. The molecule has 2 heterocycles. The van der Waals surface area contributed by atoms with Gasteiger partial charge in [0, 0.05) is 24.0 Å². The summed E-state index contributed by atoms with van der Waals surface area (Å²) in [4.78, 5) is 20.9. The molecule has 168 valence electrons. The van der Waals surface area contributed by atoms with Crippen LogP contribution in [0.5, 0.6) is 0 Å². The van der Waals surface area contributed by atoms with E-state index in [0.29, 0.717) is 30.0 Å². The summed E-state index contributed by atoms with van der Waals surface area (Å²) in [5.74, 6) is 0.274. The second kappa shape index (κ2) is 9.50. The van der Waals surface area contributed by atoms with Crippen molar-refractivity contribution in [3.8, 4) is 23.0 Å². The van der Waals surface area contributed by atoms with Crippen LogP contribution in [0.2, 0.25) is 0 Å². The van der Waals surface area contributed by atoms with Crippen LogP contribution in [-0.2, 0) is 17.8 Å². The fourth-order valence-electron chi connectivity index (χ4n) is 3.49. The molecule has 0 unspecified atom stereocenters. The molecule has 5 rings (SSSR count). The van der Waals surface area contributed by atoms with Crippen molar-refractivity contribution in [2.75, 3.05) is 5.32 Å². The number of carbonyl (C=O) groups excluding carboxylic acids is 1. The number of carbonyl (C=O) groups is 1. The molecule has 0 fully saturated rings. The van der Waals surface area contributed by atoms with Gasteiger partial charge in [-0.1, -0.05) is 47.6 Å². The zero-order valence-electron chi connectivity index (χ0n) is 18.1. The first-order valence-electron chi connectivity index (χ1n) is 10.7. The Kier molecular flexibility index (Phi) is 5.94.